The number of hydrogen-bond donors (Lipinski definition) is 0. The molecule has 0 aliphatic carbocycles. The monoisotopic (exact) mass is 280 g/mol. The Bertz CT molecular complexity index is 429. The molecule has 4 heteroatoms. The standard InChI is InChI=1S/C15H20O3S/c1-3-18-15(17)13(16)9-6-7-11-19-14-10-5-4-8-12(14)2/h4-5,8,10H,3,6-7,9,11H2,1-2H3. The lowest BCUT2D eigenvalue weighted by molar-refractivity contribution is -0.153. The molecule has 0 heterocycles. The maximum atomic E-state index is 11.3. The molecule has 19 heavy (non-hydrogen) atoms. The zero-order valence-corrected chi connectivity index (χ0v) is 12.3. The van der Waals surface area contributed by atoms with Crippen LogP contribution in [0.1, 0.15) is 31.7 Å². The summed E-state index contributed by atoms with van der Waals surface area (Å²) in [5.74, 6) is -0.155. The molecule has 3 nitrogen and oxygen atoms in total. The summed E-state index contributed by atoms with van der Waals surface area (Å²) >= 11 is 1.79. The molecule has 0 spiro atoms. The minimum atomic E-state index is -0.700. The smallest absolute Gasteiger partial charge is 0.374 e. The highest BCUT2D eigenvalue weighted by Crippen LogP contribution is 2.22. The van der Waals surface area contributed by atoms with E-state index in [1.165, 1.54) is 10.5 Å². The van der Waals surface area contributed by atoms with Crippen LogP contribution < -0.4 is 0 Å². The maximum Gasteiger partial charge on any atom is 0.374 e. The first kappa shape index (κ1) is 15.8. The van der Waals surface area contributed by atoms with Gasteiger partial charge in [-0.15, -0.1) is 11.8 Å². The van der Waals surface area contributed by atoms with Gasteiger partial charge in [-0.05, 0) is 44.1 Å². The lowest BCUT2D eigenvalue weighted by Crippen LogP contribution is -2.16. The van der Waals surface area contributed by atoms with E-state index in [2.05, 4.69) is 23.8 Å². The fraction of sp³-hybridized carbons (Fsp3) is 0.467. The molecule has 0 saturated carbocycles. The van der Waals surface area contributed by atoms with Crippen molar-refractivity contribution in [1.82, 2.24) is 0 Å². The number of carbonyl (C=O) groups excluding carboxylic acids is 2. The van der Waals surface area contributed by atoms with Crippen LogP contribution in [0.2, 0.25) is 0 Å². The topological polar surface area (TPSA) is 43.4 Å². The molecule has 0 N–H and O–H groups in total. The van der Waals surface area contributed by atoms with Gasteiger partial charge >= 0.3 is 5.97 Å². The average Bonchev–Trinajstić information content (AvgIpc) is 2.40. The van der Waals surface area contributed by atoms with Crippen LogP contribution in [0, 0.1) is 6.92 Å². The third kappa shape index (κ3) is 5.92. The molecule has 1 aromatic carbocycles. The number of aryl methyl sites for hydroxylation is 1. The summed E-state index contributed by atoms with van der Waals surface area (Å²) in [6, 6.07) is 8.24. The molecule has 104 valence electrons. The van der Waals surface area contributed by atoms with Gasteiger partial charge < -0.3 is 4.74 Å². The Labute approximate surface area is 118 Å². The highest BCUT2D eigenvalue weighted by Gasteiger charge is 2.13. The van der Waals surface area contributed by atoms with E-state index >= 15 is 0 Å². The molecule has 0 aliphatic heterocycles. The van der Waals surface area contributed by atoms with Crippen LogP contribution in [0.3, 0.4) is 0 Å². The summed E-state index contributed by atoms with van der Waals surface area (Å²) in [5, 5.41) is 0. The van der Waals surface area contributed by atoms with Crippen LogP contribution in [0.5, 0.6) is 0 Å². The third-order valence-corrected chi connectivity index (χ3v) is 3.91. The van der Waals surface area contributed by atoms with E-state index in [1.54, 1.807) is 18.7 Å². The van der Waals surface area contributed by atoms with E-state index in [9.17, 15) is 9.59 Å². The highest BCUT2D eigenvalue weighted by atomic mass is 32.2. The second kappa shape index (κ2) is 8.75. The largest absolute Gasteiger partial charge is 0.460 e. The molecule has 0 unspecified atom stereocenters. The van der Waals surface area contributed by atoms with E-state index < -0.39 is 11.8 Å². The maximum absolute atomic E-state index is 11.3. The number of Topliss-reactive ketones (excluding diaryl/α,β-unsaturated/α-hetero) is 1. The number of benzene rings is 1. The first-order valence-electron chi connectivity index (χ1n) is 6.53. The molecule has 0 radical (unpaired) electrons. The fourth-order valence-electron chi connectivity index (χ4n) is 1.60. The summed E-state index contributed by atoms with van der Waals surface area (Å²) < 4.78 is 4.65. The zero-order valence-electron chi connectivity index (χ0n) is 11.5. The SMILES string of the molecule is CCOC(=O)C(=O)CCCCSc1ccccc1C. The van der Waals surface area contributed by atoms with Crippen LogP contribution >= 0.6 is 11.8 Å². The van der Waals surface area contributed by atoms with Crippen LogP contribution in [-0.2, 0) is 14.3 Å². The van der Waals surface area contributed by atoms with E-state index in [-0.39, 0.29) is 13.0 Å². The molecule has 0 aromatic heterocycles. The molecule has 1 rings (SSSR count). The van der Waals surface area contributed by atoms with Crippen molar-refractivity contribution in [1.29, 1.82) is 0 Å². The Kier molecular flexibility index (Phi) is 7.26. The summed E-state index contributed by atoms with van der Waals surface area (Å²) in [4.78, 5) is 23.7. The van der Waals surface area contributed by atoms with Crippen LogP contribution in [0.25, 0.3) is 0 Å². The minimum Gasteiger partial charge on any atom is -0.460 e. The molecular weight excluding hydrogens is 260 g/mol. The minimum absolute atomic E-state index is 0.258. The molecule has 0 saturated heterocycles. The zero-order chi connectivity index (χ0) is 14.1. The Morgan fingerprint density at radius 2 is 1.95 bits per heavy atom. The van der Waals surface area contributed by atoms with Crippen LogP contribution in [-0.4, -0.2) is 24.1 Å². The number of ketones is 1. The Balaban J connectivity index is 2.17. The fourth-order valence-corrected chi connectivity index (χ4v) is 2.64. The van der Waals surface area contributed by atoms with Gasteiger partial charge in [0.25, 0.3) is 0 Å². The summed E-state index contributed by atoms with van der Waals surface area (Å²) in [6.45, 7) is 4.05. The first-order chi connectivity index (χ1) is 9.15. The Hall–Kier alpha value is -1.29. The predicted molar refractivity (Wildman–Crippen MR) is 77.4 cm³/mol. The Morgan fingerprint density at radius 1 is 1.21 bits per heavy atom. The molecule has 0 amide bonds. The number of carbonyl (C=O) groups is 2. The van der Waals surface area contributed by atoms with E-state index in [0.717, 1.165) is 18.6 Å². The van der Waals surface area contributed by atoms with Gasteiger partial charge in [-0.3, -0.25) is 4.79 Å². The van der Waals surface area contributed by atoms with Crippen molar-refractivity contribution < 1.29 is 14.3 Å². The van der Waals surface area contributed by atoms with Crippen molar-refractivity contribution in [3.05, 3.63) is 29.8 Å². The van der Waals surface area contributed by atoms with Gasteiger partial charge in [0.05, 0.1) is 6.61 Å². The number of unbranched alkanes of at least 4 members (excludes halogenated alkanes) is 1. The van der Waals surface area contributed by atoms with E-state index in [4.69, 9.17) is 0 Å². The van der Waals surface area contributed by atoms with Gasteiger partial charge in [0.2, 0.25) is 5.78 Å². The lowest BCUT2D eigenvalue weighted by atomic mass is 10.2. The molecular formula is C15H20O3S. The number of ether oxygens (including phenoxy) is 1. The van der Waals surface area contributed by atoms with Crippen molar-refractivity contribution in [2.24, 2.45) is 0 Å². The second-order valence-corrected chi connectivity index (χ2v) is 5.35. The van der Waals surface area contributed by atoms with Crippen molar-refractivity contribution in [2.75, 3.05) is 12.4 Å². The third-order valence-electron chi connectivity index (χ3n) is 2.65. The van der Waals surface area contributed by atoms with Gasteiger partial charge in [0, 0.05) is 11.3 Å². The molecule has 0 bridgehead atoms. The molecule has 0 fully saturated rings. The second-order valence-electron chi connectivity index (χ2n) is 4.21. The molecule has 1 aromatic rings. The quantitative estimate of drug-likeness (QED) is 0.317. The Morgan fingerprint density at radius 3 is 2.63 bits per heavy atom. The summed E-state index contributed by atoms with van der Waals surface area (Å²) in [6.07, 6.45) is 1.94. The van der Waals surface area contributed by atoms with Crippen molar-refractivity contribution >= 4 is 23.5 Å². The van der Waals surface area contributed by atoms with Crippen LogP contribution in [0.4, 0.5) is 0 Å². The lowest BCUT2D eigenvalue weighted by Gasteiger charge is -2.04. The highest BCUT2D eigenvalue weighted by molar-refractivity contribution is 7.99. The molecule has 0 atom stereocenters. The van der Waals surface area contributed by atoms with Gasteiger partial charge in [-0.2, -0.15) is 0 Å². The number of hydrogen-bond acceptors (Lipinski definition) is 4. The van der Waals surface area contributed by atoms with E-state index in [1.807, 2.05) is 12.1 Å². The number of rotatable bonds is 8. The van der Waals surface area contributed by atoms with Crippen molar-refractivity contribution in [3.63, 3.8) is 0 Å². The van der Waals surface area contributed by atoms with Gasteiger partial charge in [0.15, 0.2) is 0 Å². The molecule has 0 aliphatic rings. The van der Waals surface area contributed by atoms with E-state index in [0.29, 0.717) is 0 Å². The van der Waals surface area contributed by atoms with Crippen LogP contribution in [0.15, 0.2) is 29.2 Å². The normalized spacial score (nSPS) is 10.2. The van der Waals surface area contributed by atoms with Crippen molar-refractivity contribution in [2.45, 2.75) is 38.0 Å². The van der Waals surface area contributed by atoms with Gasteiger partial charge in [0.1, 0.15) is 0 Å². The first-order valence-corrected chi connectivity index (χ1v) is 7.52. The number of thioether (sulfide) groups is 1. The van der Waals surface area contributed by atoms with Gasteiger partial charge in [-0.1, -0.05) is 18.2 Å². The van der Waals surface area contributed by atoms with Crippen molar-refractivity contribution in [3.8, 4) is 0 Å². The number of esters is 1. The summed E-state index contributed by atoms with van der Waals surface area (Å²) in [5.41, 5.74) is 1.27. The van der Waals surface area contributed by atoms with Gasteiger partial charge in [-0.25, -0.2) is 4.79 Å². The predicted octanol–water partition coefficient (Wildman–Crippen LogP) is 3.39. The average molecular weight is 280 g/mol. The summed E-state index contributed by atoms with van der Waals surface area (Å²) in [7, 11) is 0.